The lowest BCUT2D eigenvalue weighted by Crippen LogP contribution is -1.95. The summed E-state index contributed by atoms with van der Waals surface area (Å²) in [4.78, 5) is 14.8. The molecule has 0 saturated heterocycles. The Hall–Kier alpha value is -0.720. The fraction of sp³-hybridized carbons (Fsp3) is 0.500. The summed E-state index contributed by atoms with van der Waals surface area (Å²) in [5.74, 6) is 0. The molecule has 2 unspecified atom stereocenters. The van der Waals surface area contributed by atoms with Gasteiger partial charge in [-0.25, -0.2) is 9.97 Å². The van der Waals surface area contributed by atoms with Crippen LogP contribution in [-0.2, 0) is 12.8 Å². The smallest absolute Gasteiger partial charge is 0.122 e. The van der Waals surface area contributed by atoms with Gasteiger partial charge in [0.25, 0.3) is 0 Å². The Balaban J connectivity index is 1.54. The first-order valence-corrected chi connectivity index (χ1v) is 7.48. The van der Waals surface area contributed by atoms with E-state index >= 15 is 0 Å². The largest absolute Gasteiger partial charge is 0.343 e. The number of hydrogen-bond acceptors (Lipinski definition) is 2. The zero-order chi connectivity index (χ0) is 12.8. The van der Waals surface area contributed by atoms with Crippen molar-refractivity contribution < 1.29 is 0 Å². The molecule has 0 fully saturated rings. The lowest BCUT2D eigenvalue weighted by molar-refractivity contribution is 0.633. The molecule has 0 aliphatic carbocycles. The number of nitrogens with one attached hydrogen (secondary N) is 2. The van der Waals surface area contributed by atoms with E-state index in [4.69, 9.17) is 0 Å². The van der Waals surface area contributed by atoms with Gasteiger partial charge in [-0.1, -0.05) is 31.3 Å². The van der Waals surface area contributed by atoms with Crippen molar-refractivity contribution in [2.24, 2.45) is 0 Å². The highest BCUT2D eigenvalue weighted by molar-refractivity contribution is 7.26. The fourth-order valence-corrected chi connectivity index (χ4v) is 2.51. The Morgan fingerprint density at radius 1 is 0.778 bits per heavy atom. The molecule has 2 heterocycles. The molecule has 0 aromatic carbocycles. The SMILES string of the molecule is Pc1ncc(CCCCCCc2cnc(P)[nH]2)[nH]1. The quantitative estimate of drug-likeness (QED) is 0.597. The van der Waals surface area contributed by atoms with Crippen molar-refractivity contribution in [2.45, 2.75) is 38.5 Å². The number of aryl methyl sites for hydroxylation is 2. The van der Waals surface area contributed by atoms with Gasteiger partial charge in [0, 0.05) is 23.8 Å². The summed E-state index contributed by atoms with van der Waals surface area (Å²) >= 11 is 0. The minimum atomic E-state index is 0.928. The summed E-state index contributed by atoms with van der Waals surface area (Å²) in [6, 6.07) is 0. The van der Waals surface area contributed by atoms with E-state index in [1.165, 1.54) is 37.1 Å². The van der Waals surface area contributed by atoms with Crippen LogP contribution in [0.4, 0.5) is 0 Å². The molecule has 2 aromatic heterocycles. The van der Waals surface area contributed by atoms with E-state index in [9.17, 15) is 0 Å². The molecule has 0 spiro atoms. The van der Waals surface area contributed by atoms with Crippen molar-refractivity contribution in [1.29, 1.82) is 0 Å². The van der Waals surface area contributed by atoms with E-state index in [1.54, 1.807) is 0 Å². The summed E-state index contributed by atoms with van der Waals surface area (Å²) in [5.41, 5.74) is 4.33. The van der Waals surface area contributed by atoms with Gasteiger partial charge in [-0.15, -0.1) is 0 Å². The Bertz CT molecular complexity index is 434. The number of nitrogens with zero attached hydrogens (tertiary/aromatic N) is 2. The predicted molar refractivity (Wildman–Crippen MR) is 81.7 cm³/mol. The van der Waals surface area contributed by atoms with Crippen molar-refractivity contribution in [3.63, 3.8) is 0 Å². The summed E-state index contributed by atoms with van der Waals surface area (Å²) < 4.78 is 0. The highest BCUT2D eigenvalue weighted by Crippen LogP contribution is 2.08. The molecule has 4 nitrogen and oxygen atoms in total. The molecule has 2 aromatic rings. The van der Waals surface area contributed by atoms with Gasteiger partial charge in [0.2, 0.25) is 0 Å². The standard InChI is InChI=1S/C12H20N4P2/c17-11-13-7-9(15-11)5-3-1-2-4-6-10-8-14-12(18)16-10/h7-8H,1-6,17-18H2,(H,13,15)(H,14,16). The summed E-state index contributed by atoms with van der Waals surface area (Å²) in [7, 11) is 5.16. The van der Waals surface area contributed by atoms with Crippen LogP contribution in [0.25, 0.3) is 0 Å². The van der Waals surface area contributed by atoms with Crippen LogP contribution in [-0.4, -0.2) is 19.9 Å². The van der Waals surface area contributed by atoms with E-state index in [0.717, 1.165) is 24.0 Å². The molecule has 6 heteroatoms. The number of H-pyrrole nitrogens is 2. The van der Waals surface area contributed by atoms with Crippen LogP contribution in [0.3, 0.4) is 0 Å². The van der Waals surface area contributed by atoms with Gasteiger partial charge in [-0.05, 0) is 25.7 Å². The Kier molecular flexibility index (Phi) is 5.34. The van der Waals surface area contributed by atoms with Gasteiger partial charge >= 0.3 is 0 Å². The second kappa shape index (κ2) is 7.01. The second-order valence-electron chi connectivity index (χ2n) is 4.50. The molecule has 18 heavy (non-hydrogen) atoms. The van der Waals surface area contributed by atoms with Crippen LogP contribution in [0, 0.1) is 0 Å². The third-order valence-corrected chi connectivity index (χ3v) is 3.53. The van der Waals surface area contributed by atoms with Gasteiger partial charge < -0.3 is 9.97 Å². The first-order valence-electron chi connectivity index (χ1n) is 6.33. The summed E-state index contributed by atoms with van der Waals surface area (Å²) in [5, 5.41) is 0. The van der Waals surface area contributed by atoms with E-state index in [1.807, 2.05) is 12.4 Å². The van der Waals surface area contributed by atoms with Crippen molar-refractivity contribution in [3.8, 4) is 0 Å². The molecular formula is C12H20N4P2. The lowest BCUT2D eigenvalue weighted by Gasteiger charge is -2.00. The van der Waals surface area contributed by atoms with Crippen LogP contribution in [0.2, 0.25) is 0 Å². The minimum absolute atomic E-state index is 0.928. The van der Waals surface area contributed by atoms with Crippen molar-refractivity contribution >= 4 is 29.6 Å². The van der Waals surface area contributed by atoms with Crippen LogP contribution in [0.1, 0.15) is 37.1 Å². The predicted octanol–water partition coefficient (Wildman–Crippen LogP) is 1.48. The Morgan fingerprint density at radius 3 is 1.56 bits per heavy atom. The third kappa shape index (κ3) is 4.51. The van der Waals surface area contributed by atoms with Crippen molar-refractivity contribution in [1.82, 2.24) is 19.9 Å². The second-order valence-corrected chi connectivity index (χ2v) is 5.60. The van der Waals surface area contributed by atoms with Crippen LogP contribution < -0.4 is 11.1 Å². The van der Waals surface area contributed by atoms with Crippen molar-refractivity contribution in [3.05, 3.63) is 23.8 Å². The maximum atomic E-state index is 4.17. The summed E-state index contributed by atoms with van der Waals surface area (Å²) in [6.07, 6.45) is 11.0. The van der Waals surface area contributed by atoms with Gasteiger partial charge in [0.05, 0.1) is 0 Å². The molecule has 0 amide bonds. The Labute approximate surface area is 112 Å². The number of rotatable bonds is 7. The monoisotopic (exact) mass is 282 g/mol. The molecule has 2 atom stereocenters. The number of aromatic amines is 2. The fourth-order valence-electron chi connectivity index (χ4n) is 1.99. The van der Waals surface area contributed by atoms with Gasteiger partial charge in [-0.2, -0.15) is 0 Å². The Morgan fingerprint density at radius 2 is 1.22 bits per heavy atom. The maximum Gasteiger partial charge on any atom is 0.122 e. The van der Waals surface area contributed by atoms with Gasteiger partial charge in [-0.3, -0.25) is 0 Å². The van der Waals surface area contributed by atoms with Crippen LogP contribution >= 0.6 is 18.5 Å². The first-order chi connectivity index (χ1) is 8.74. The lowest BCUT2D eigenvalue weighted by atomic mass is 10.1. The molecule has 2 N–H and O–H groups in total. The molecule has 0 saturated carbocycles. The number of aromatic nitrogens is 4. The first kappa shape index (κ1) is 13.7. The normalized spacial score (nSPS) is 11.0. The number of hydrogen-bond donors (Lipinski definition) is 2. The average Bonchev–Trinajstić information content (AvgIpc) is 2.93. The van der Waals surface area contributed by atoms with Gasteiger partial charge in [0.1, 0.15) is 11.1 Å². The molecule has 98 valence electrons. The van der Waals surface area contributed by atoms with E-state index in [-0.39, 0.29) is 0 Å². The molecule has 0 aliphatic rings. The topological polar surface area (TPSA) is 57.4 Å². The van der Waals surface area contributed by atoms with E-state index in [0.29, 0.717) is 0 Å². The molecule has 0 aliphatic heterocycles. The average molecular weight is 282 g/mol. The molecule has 2 rings (SSSR count). The number of unbranched alkanes of at least 4 members (excludes halogenated alkanes) is 3. The maximum absolute atomic E-state index is 4.17. The highest BCUT2D eigenvalue weighted by Gasteiger charge is 1.99. The van der Waals surface area contributed by atoms with E-state index in [2.05, 4.69) is 38.4 Å². The van der Waals surface area contributed by atoms with Gasteiger partial charge in [0.15, 0.2) is 0 Å². The number of imidazole rings is 2. The zero-order valence-corrected chi connectivity index (χ0v) is 12.8. The molecule has 0 bridgehead atoms. The third-order valence-electron chi connectivity index (χ3n) is 2.94. The zero-order valence-electron chi connectivity index (χ0n) is 10.4. The van der Waals surface area contributed by atoms with Crippen molar-refractivity contribution in [2.75, 3.05) is 0 Å². The highest BCUT2D eigenvalue weighted by atomic mass is 31.0. The van der Waals surface area contributed by atoms with Crippen LogP contribution in [0.5, 0.6) is 0 Å². The van der Waals surface area contributed by atoms with Crippen LogP contribution in [0.15, 0.2) is 12.4 Å². The molecular weight excluding hydrogens is 262 g/mol. The molecule has 0 radical (unpaired) electrons. The van der Waals surface area contributed by atoms with E-state index < -0.39 is 0 Å². The summed E-state index contributed by atoms with van der Waals surface area (Å²) in [6.45, 7) is 0. The minimum Gasteiger partial charge on any atom is -0.343 e.